The molecule has 0 radical (unpaired) electrons. The summed E-state index contributed by atoms with van der Waals surface area (Å²) in [5, 5.41) is 0. The Hall–Kier alpha value is -2.14. The third-order valence-electron chi connectivity index (χ3n) is 2.68. The topological polar surface area (TPSA) is 77.2 Å². The molecule has 5 heteroatoms. The molecule has 0 saturated heterocycles. The number of carbonyl (C=O) groups is 1. The van der Waals surface area contributed by atoms with Crippen molar-refractivity contribution in [1.82, 2.24) is 0 Å². The molecule has 2 N–H and O–H groups in total. The van der Waals surface area contributed by atoms with Gasteiger partial charge >= 0.3 is 0 Å². The Balaban J connectivity index is 2.27. The molecule has 0 fully saturated rings. The number of ketones is 1. The van der Waals surface area contributed by atoms with E-state index in [2.05, 4.69) is 0 Å². The van der Waals surface area contributed by atoms with Crippen LogP contribution < -0.4 is 5.73 Å². The fourth-order valence-corrected chi connectivity index (χ4v) is 2.95. The third-order valence-corrected chi connectivity index (χ3v) is 4.32. The minimum absolute atomic E-state index is 0.137. The summed E-state index contributed by atoms with van der Waals surface area (Å²) in [6.45, 7) is 0. The Labute approximate surface area is 111 Å². The molecule has 0 aliphatic rings. The van der Waals surface area contributed by atoms with Crippen molar-refractivity contribution in [1.29, 1.82) is 0 Å². The van der Waals surface area contributed by atoms with Crippen molar-refractivity contribution in [3.63, 3.8) is 0 Å². The summed E-state index contributed by atoms with van der Waals surface area (Å²) in [5.74, 6) is -1.08. The van der Waals surface area contributed by atoms with Crippen molar-refractivity contribution in [2.45, 2.75) is 4.90 Å². The summed E-state index contributed by atoms with van der Waals surface area (Å²) in [5.41, 5.74) is 6.19. The van der Waals surface area contributed by atoms with E-state index in [-0.39, 0.29) is 16.1 Å². The summed E-state index contributed by atoms with van der Waals surface area (Å²) >= 11 is 0. The molecule has 0 saturated carbocycles. The molecule has 0 aromatic heterocycles. The van der Waals surface area contributed by atoms with Crippen LogP contribution in [0.25, 0.3) is 0 Å². The Morgan fingerprint density at radius 2 is 1.53 bits per heavy atom. The molecule has 2 rings (SSSR count). The predicted molar refractivity (Wildman–Crippen MR) is 73.7 cm³/mol. The Morgan fingerprint density at radius 3 is 2.16 bits per heavy atom. The molecule has 0 amide bonds. The first-order valence-corrected chi connectivity index (χ1v) is 7.31. The number of para-hydroxylation sites is 1. The van der Waals surface area contributed by atoms with E-state index in [4.69, 9.17) is 5.73 Å². The number of benzene rings is 2. The number of anilines is 1. The maximum Gasteiger partial charge on any atom is 0.185 e. The van der Waals surface area contributed by atoms with E-state index >= 15 is 0 Å². The van der Waals surface area contributed by atoms with Gasteiger partial charge in [0.2, 0.25) is 0 Å². The summed E-state index contributed by atoms with van der Waals surface area (Å²) in [7, 11) is -3.63. The first-order valence-electron chi connectivity index (χ1n) is 5.66. The monoisotopic (exact) mass is 275 g/mol. The number of hydrogen-bond acceptors (Lipinski definition) is 4. The average molecular weight is 275 g/mol. The molecule has 0 spiro atoms. The van der Waals surface area contributed by atoms with Crippen molar-refractivity contribution in [3.8, 4) is 0 Å². The van der Waals surface area contributed by atoms with E-state index in [1.165, 1.54) is 18.2 Å². The zero-order valence-electron chi connectivity index (χ0n) is 10.1. The van der Waals surface area contributed by atoms with E-state index in [0.29, 0.717) is 0 Å². The fraction of sp³-hybridized carbons (Fsp3) is 0.0714. The standard InChI is InChI=1S/C14H13NO3S/c15-13-9-5-4-8-12(13)14(16)10-19(17,18)11-6-2-1-3-7-11/h1-9H,10,15H2. The smallest absolute Gasteiger partial charge is 0.185 e. The van der Waals surface area contributed by atoms with Gasteiger partial charge in [0.15, 0.2) is 15.6 Å². The Bertz CT molecular complexity index is 694. The molecule has 0 bridgehead atoms. The van der Waals surface area contributed by atoms with Crippen LogP contribution in [0.2, 0.25) is 0 Å². The van der Waals surface area contributed by atoms with Crippen molar-refractivity contribution in [2.75, 3.05) is 11.5 Å². The lowest BCUT2D eigenvalue weighted by Crippen LogP contribution is -2.17. The van der Waals surface area contributed by atoms with Crippen LogP contribution in [-0.4, -0.2) is 20.0 Å². The van der Waals surface area contributed by atoms with Crippen molar-refractivity contribution in [2.24, 2.45) is 0 Å². The lowest BCUT2D eigenvalue weighted by Gasteiger charge is -2.06. The molecule has 2 aromatic carbocycles. The van der Waals surface area contributed by atoms with Gasteiger partial charge in [0, 0.05) is 11.3 Å². The van der Waals surface area contributed by atoms with Crippen molar-refractivity contribution >= 4 is 21.3 Å². The van der Waals surface area contributed by atoms with Crippen LogP contribution in [0.5, 0.6) is 0 Å². The van der Waals surface area contributed by atoms with Crippen LogP contribution >= 0.6 is 0 Å². The van der Waals surface area contributed by atoms with Gasteiger partial charge < -0.3 is 5.73 Å². The van der Waals surface area contributed by atoms with Crippen molar-refractivity contribution < 1.29 is 13.2 Å². The second-order valence-corrected chi connectivity index (χ2v) is 6.07. The fourth-order valence-electron chi connectivity index (χ4n) is 1.71. The molecule has 0 aliphatic carbocycles. The molecular formula is C14H13NO3S. The first-order chi connectivity index (χ1) is 9.00. The van der Waals surface area contributed by atoms with Gasteiger partial charge in [0.1, 0.15) is 5.75 Å². The van der Waals surface area contributed by atoms with E-state index in [0.717, 1.165) is 0 Å². The number of Topliss-reactive ketones (excluding diaryl/α,β-unsaturated/α-hetero) is 1. The zero-order valence-corrected chi connectivity index (χ0v) is 10.9. The number of sulfone groups is 1. The molecule has 2 aromatic rings. The molecule has 19 heavy (non-hydrogen) atoms. The first kappa shape index (κ1) is 13.3. The van der Waals surface area contributed by atoms with Crippen LogP contribution in [-0.2, 0) is 9.84 Å². The van der Waals surface area contributed by atoms with Crippen LogP contribution in [0, 0.1) is 0 Å². The molecule has 0 unspecified atom stereocenters. The van der Waals surface area contributed by atoms with Gasteiger partial charge in [-0.1, -0.05) is 30.3 Å². The minimum atomic E-state index is -3.63. The third kappa shape index (κ3) is 3.00. The van der Waals surface area contributed by atoms with Gasteiger partial charge in [-0.3, -0.25) is 4.79 Å². The summed E-state index contributed by atoms with van der Waals surface area (Å²) in [6, 6.07) is 14.3. The van der Waals surface area contributed by atoms with Gasteiger partial charge in [-0.15, -0.1) is 0 Å². The predicted octanol–water partition coefficient (Wildman–Crippen LogP) is 1.93. The van der Waals surface area contributed by atoms with E-state index in [1.54, 1.807) is 36.4 Å². The SMILES string of the molecule is Nc1ccccc1C(=O)CS(=O)(=O)c1ccccc1. The molecule has 0 atom stereocenters. The summed E-state index contributed by atoms with van der Waals surface area (Å²) in [6.07, 6.45) is 0. The Kier molecular flexibility index (Phi) is 3.66. The quantitative estimate of drug-likeness (QED) is 0.683. The number of carbonyl (C=O) groups excluding carboxylic acids is 1. The normalized spacial score (nSPS) is 11.2. The van der Waals surface area contributed by atoms with Gasteiger partial charge in [-0.05, 0) is 24.3 Å². The highest BCUT2D eigenvalue weighted by Gasteiger charge is 2.21. The van der Waals surface area contributed by atoms with Crippen molar-refractivity contribution in [3.05, 3.63) is 60.2 Å². The van der Waals surface area contributed by atoms with E-state index in [1.807, 2.05) is 0 Å². The van der Waals surface area contributed by atoms with Gasteiger partial charge in [0.25, 0.3) is 0 Å². The lowest BCUT2D eigenvalue weighted by molar-refractivity contribution is 0.102. The highest BCUT2D eigenvalue weighted by molar-refractivity contribution is 7.92. The number of nitrogens with two attached hydrogens (primary N) is 1. The molecule has 98 valence electrons. The maximum absolute atomic E-state index is 12.1. The summed E-state index contributed by atoms with van der Waals surface area (Å²) < 4.78 is 24.1. The maximum atomic E-state index is 12.1. The Morgan fingerprint density at radius 1 is 0.947 bits per heavy atom. The largest absolute Gasteiger partial charge is 0.398 e. The van der Waals surface area contributed by atoms with Crippen LogP contribution in [0.15, 0.2) is 59.5 Å². The van der Waals surface area contributed by atoms with E-state index < -0.39 is 21.4 Å². The highest BCUT2D eigenvalue weighted by Crippen LogP contribution is 2.16. The van der Waals surface area contributed by atoms with Crippen LogP contribution in [0.3, 0.4) is 0 Å². The summed E-state index contributed by atoms with van der Waals surface area (Å²) in [4.78, 5) is 12.1. The van der Waals surface area contributed by atoms with Crippen LogP contribution in [0.4, 0.5) is 5.69 Å². The van der Waals surface area contributed by atoms with E-state index in [9.17, 15) is 13.2 Å². The van der Waals surface area contributed by atoms with Gasteiger partial charge in [0.05, 0.1) is 4.90 Å². The molecule has 0 heterocycles. The molecule has 0 aliphatic heterocycles. The minimum Gasteiger partial charge on any atom is -0.398 e. The zero-order chi connectivity index (χ0) is 13.9. The molecule has 4 nitrogen and oxygen atoms in total. The number of hydrogen-bond donors (Lipinski definition) is 1. The second-order valence-electron chi connectivity index (χ2n) is 4.08. The second kappa shape index (κ2) is 5.24. The average Bonchev–Trinajstić information content (AvgIpc) is 2.39. The number of rotatable bonds is 4. The van der Waals surface area contributed by atoms with Gasteiger partial charge in [-0.25, -0.2) is 8.42 Å². The highest BCUT2D eigenvalue weighted by atomic mass is 32.2. The van der Waals surface area contributed by atoms with Gasteiger partial charge in [-0.2, -0.15) is 0 Å². The lowest BCUT2D eigenvalue weighted by atomic mass is 10.1. The molecular weight excluding hydrogens is 262 g/mol. The number of nitrogen functional groups attached to an aromatic ring is 1. The van der Waals surface area contributed by atoms with Crippen LogP contribution in [0.1, 0.15) is 10.4 Å².